The first-order valence-corrected chi connectivity index (χ1v) is 8.19. The van der Waals surface area contributed by atoms with Crippen LogP contribution >= 0.6 is 0 Å². The lowest BCUT2D eigenvalue weighted by atomic mass is 9.96. The molecule has 130 valence electrons. The maximum Gasteiger partial charge on any atom is 0.243 e. The zero-order valence-corrected chi connectivity index (χ0v) is 15.2. The molecule has 0 aromatic carbocycles. The van der Waals surface area contributed by atoms with Gasteiger partial charge in [0.15, 0.2) is 5.82 Å². The number of hydrogen-bond donors (Lipinski definition) is 0. The second-order valence-electron chi connectivity index (χ2n) is 7.48. The van der Waals surface area contributed by atoms with Gasteiger partial charge in [0.1, 0.15) is 0 Å². The Labute approximate surface area is 138 Å². The van der Waals surface area contributed by atoms with Gasteiger partial charge in [-0.05, 0) is 6.92 Å². The molecule has 2 heterocycles. The van der Waals surface area contributed by atoms with Crippen molar-refractivity contribution >= 4 is 5.91 Å². The van der Waals surface area contributed by atoms with E-state index in [1.165, 1.54) is 0 Å². The molecule has 2 rings (SSSR count). The molecule has 1 aliphatic rings. The normalized spacial score (nSPS) is 18.9. The van der Waals surface area contributed by atoms with Crippen molar-refractivity contribution in [2.24, 2.45) is 0 Å². The summed E-state index contributed by atoms with van der Waals surface area (Å²) in [5, 5.41) is 4.10. The molecule has 1 aromatic heterocycles. The second kappa shape index (κ2) is 6.97. The maximum atomic E-state index is 11.8. The smallest absolute Gasteiger partial charge is 0.243 e. The Hall–Kier alpha value is -1.47. The molecule has 0 bridgehead atoms. The molecule has 7 heteroatoms. The molecule has 0 aliphatic carbocycles. The highest BCUT2D eigenvalue weighted by Crippen LogP contribution is 2.24. The number of aromatic nitrogens is 2. The zero-order chi connectivity index (χ0) is 17.2. The lowest BCUT2D eigenvalue weighted by molar-refractivity contribution is -0.130. The number of amides is 1. The summed E-state index contributed by atoms with van der Waals surface area (Å²) >= 11 is 0. The van der Waals surface area contributed by atoms with Gasteiger partial charge in [-0.1, -0.05) is 25.9 Å². The summed E-state index contributed by atoms with van der Waals surface area (Å²) in [7, 11) is 3.59. The minimum Gasteiger partial charge on any atom is -0.348 e. The molecule has 7 nitrogen and oxygen atoms in total. The van der Waals surface area contributed by atoms with Crippen LogP contribution < -0.4 is 0 Å². The van der Waals surface area contributed by atoms with Crippen LogP contribution in [0.15, 0.2) is 4.52 Å². The molecular formula is C16H29N5O2. The predicted molar refractivity (Wildman–Crippen MR) is 88.1 cm³/mol. The van der Waals surface area contributed by atoms with Gasteiger partial charge in [0, 0.05) is 45.7 Å². The summed E-state index contributed by atoms with van der Waals surface area (Å²) < 4.78 is 5.45. The van der Waals surface area contributed by atoms with Crippen LogP contribution in [-0.2, 0) is 10.2 Å². The van der Waals surface area contributed by atoms with Crippen LogP contribution in [0.2, 0.25) is 0 Å². The molecule has 0 spiro atoms. The van der Waals surface area contributed by atoms with Crippen molar-refractivity contribution in [1.82, 2.24) is 24.8 Å². The Morgan fingerprint density at radius 2 is 1.87 bits per heavy atom. The van der Waals surface area contributed by atoms with Gasteiger partial charge in [0.2, 0.25) is 11.8 Å². The average molecular weight is 323 g/mol. The van der Waals surface area contributed by atoms with Crippen LogP contribution in [0.25, 0.3) is 0 Å². The van der Waals surface area contributed by atoms with E-state index in [4.69, 9.17) is 4.52 Å². The highest BCUT2D eigenvalue weighted by molar-refractivity contribution is 5.77. The van der Waals surface area contributed by atoms with E-state index < -0.39 is 0 Å². The van der Waals surface area contributed by atoms with Crippen LogP contribution in [0.4, 0.5) is 0 Å². The van der Waals surface area contributed by atoms with E-state index in [1.807, 2.05) is 0 Å². The van der Waals surface area contributed by atoms with E-state index >= 15 is 0 Å². The van der Waals surface area contributed by atoms with Crippen LogP contribution in [0.3, 0.4) is 0 Å². The molecule has 0 N–H and O–H groups in total. The second-order valence-corrected chi connectivity index (χ2v) is 7.48. The molecular weight excluding hydrogens is 294 g/mol. The summed E-state index contributed by atoms with van der Waals surface area (Å²) in [6.07, 6.45) is 0. The number of piperazine rings is 1. The predicted octanol–water partition coefficient (Wildman–Crippen LogP) is 1.13. The van der Waals surface area contributed by atoms with Crippen molar-refractivity contribution in [3.63, 3.8) is 0 Å². The molecule has 1 atom stereocenters. The Morgan fingerprint density at radius 1 is 1.26 bits per heavy atom. The standard InChI is InChI=1S/C16H29N5O2/c1-12(14-17-15(18-23-14)16(2,3)4)21-9-7-20(8-10-21)11-13(22)19(5)6/h12H,7-11H2,1-6H3/t12-/m0/s1. The van der Waals surface area contributed by atoms with E-state index in [1.54, 1.807) is 19.0 Å². The third-order valence-electron chi connectivity index (χ3n) is 4.28. The number of hydrogen-bond acceptors (Lipinski definition) is 6. The SMILES string of the molecule is C[C@@H](c1nc(C(C)(C)C)no1)N1CCN(CC(=O)N(C)C)CC1. The third kappa shape index (κ3) is 4.51. The molecule has 0 unspecified atom stereocenters. The van der Waals surface area contributed by atoms with E-state index in [0.29, 0.717) is 12.4 Å². The van der Waals surface area contributed by atoms with Gasteiger partial charge in [-0.25, -0.2) is 0 Å². The Bertz CT molecular complexity index is 527. The summed E-state index contributed by atoms with van der Waals surface area (Å²) in [4.78, 5) is 22.5. The molecule has 0 radical (unpaired) electrons. The lowest BCUT2D eigenvalue weighted by Gasteiger charge is -2.36. The topological polar surface area (TPSA) is 65.7 Å². The van der Waals surface area contributed by atoms with Gasteiger partial charge >= 0.3 is 0 Å². The van der Waals surface area contributed by atoms with Gasteiger partial charge in [-0.15, -0.1) is 0 Å². The molecule has 1 amide bonds. The summed E-state index contributed by atoms with van der Waals surface area (Å²) in [5.74, 6) is 1.57. The number of likely N-dealkylation sites (N-methyl/N-ethyl adjacent to an activating group) is 1. The van der Waals surface area contributed by atoms with Crippen LogP contribution in [0.5, 0.6) is 0 Å². The monoisotopic (exact) mass is 323 g/mol. The summed E-state index contributed by atoms with van der Waals surface area (Å²) in [5.41, 5.74) is -0.104. The molecule has 1 aromatic rings. The van der Waals surface area contributed by atoms with Crippen molar-refractivity contribution in [2.75, 3.05) is 46.8 Å². The van der Waals surface area contributed by atoms with Gasteiger partial charge < -0.3 is 9.42 Å². The molecule has 1 aliphatic heterocycles. The van der Waals surface area contributed by atoms with Crippen molar-refractivity contribution in [2.45, 2.75) is 39.2 Å². The Balaban J connectivity index is 1.89. The molecule has 0 saturated carbocycles. The van der Waals surface area contributed by atoms with Gasteiger partial charge in [-0.2, -0.15) is 4.98 Å². The molecule has 1 fully saturated rings. The van der Waals surface area contributed by atoms with E-state index in [0.717, 1.165) is 32.0 Å². The van der Waals surface area contributed by atoms with Crippen LogP contribution in [-0.4, -0.2) is 77.6 Å². The zero-order valence-electron chi connectivity index (χ0n) is 15.2. The first kappa shape index (κ1) is 17.9. The van der Waals surface area contributed by atoms with E-state index in [9.17, 15) is 4.79 Å². The van der Waals surface area contributed by atoms with Crippen molar-refractivity contribution in [3.8, 4) is 0 Å². The summed E-state index contributed by atoms with van der Waals surface area (Å²) in [6, 6.07) is 0.102. The fraction of sp³-hybridized carbons (Fsp3) is 0.812. The molecule has 23 heavy (non-hydrogen) atoms. The van der Waals surface area contributed by atoms with Gasteiger partial charge in [0.25, 0.3) is 0 Å². The van der Waals surface area contributed by atoms with E-state index in [-0.39, 0.29) is 17.4 Å². The Morgan fingerprint density at radius 3 is 2.35 bits per heavy atom. The van der Waals surface area contributed by atoms with Crippen molar-refractivity contribution in [1.29, 1.82) is 0 Å². The first-order chi connectivity index (χ1) is 10.7. The number of nitrogens with zero attached hydrogens (tertiary/aromatic N) is 5. The maximum absolute atomic E-state index is 11.8. The van der Waals surface area contributed by atoms with Crippen molar-refractivity contribution < 1.29 is 9.32 Å². The average Bonchev–Trinajstić information content (AvgIpc) is 2.97. The fourth-order valence-electron chi connectivity index (χ4n) is 2.51. The lowest BCUT2D eigenvalue weighted by Crippen LogP contribution is -2.49. The first-order valence-electron chi connectivity index (χ1n) is 8.19. The van der Waals surface area contributed by atoms with Crippen LogP contribution in [0, 0.1) is 0 Å². The van der Waals surface area contributed by atoms with E-state index in [2.05, 4.69) is 47.6 Å². The number of carbonyl (C=O) groups is 1. The highest BCUT2D eigenvalue weighted by Gasteiger charge is 2.28. The summed E-state index contributed by atoms with van der Waals surface area (Å²) in [6.45, 7) is 12.4. The van der Waals surface area contributed by atoms with Crippen molar-refractivity contribution in [3.05, 3.63) is 11.7 Å². The molecule has 1 saturated heterocycles. The number of carbonyl (C=O) groups excluding carboxylic acids is 1. The minimum absolute atomic E-state index is 0.102. The minimum atomic E-state index is -0.104. The highest BCUT2D eigenvalue weighted by atomic mass is 16.5. The largest absolute Gasteiger partial charge is 0.348 e. The quantitative estimate of drug-likeness (QED) is 0.828. The third-order valence-corrected chi connectivity index (χ3v) is 4.28. The number of rotatable bonds is 4. The Kier molecular flexibility index (Phi) is 5.41. The fourth-order valence-corrected chi connectivity index (χ4v) is 2.51. The van der Waals surface area contributed by atoms with Gasteiger partial charge in [-0.3, -0.25) is 14.6 Å². The van der Waals surface area contributed by atoms with Gasteiger partial charge in [0.05, 0.1) is 12.6 Å². The van der Waals surface area contributed by atoms with Crippen LogP contribution in [0.1, 0.15) is 45.5 Å².